The molecule has 136 valence electrons. The van der Waals surface area contributed by atoms with Gasteiger partial charge in [0.15, 0.2) is 0 Å². The second-order valence-electron chi connectivity index (χ2n) is 5.30. The van der Waals surface area contributed by atoms with Crippen molar-refractivity contribution in [3.63, 3.8) is 0 Å². The van der Waals surface area contributed by atoms with Crippen molar-refractivity contribution < 1.29 is 18.3 Å². The molecule has 0 bridgehead atoms. The van der Waals surface area contributed by atoms with E-state index < -0.39 is 7.60 Å². The molecular weight excluding hydrogens is 339 g/mol. The highest BCUT2D eigenvalue weighted by Gasteiger charge is 2.28. The minimum Gasteiger partial charge on any atom is -0.497 e. The standard InChI is InChI=1S/C18H25N2O4P/c1-4-23-25(21,24-5-2)15-20(14-16-8-6-7-13-19-16)17-9-11-18(22-3)12-10-17/h6-13H,4-5,14-15H2,1-3H3. The third kappa shape index (κ3) is 5.85. The van der Waals surface area contributed by atoms with Gasteiger partial charge < -0.3 is 18.7 Å². The first-order chi connectivity index (χ1) is 12.1. The summed E-state index contributed by atoms with van der Waals surface area (Å²) in [5, 5.41) is 0. The maximum absolute atomic E-state index is 13.0. The van der Waals surface area contributed by atoms with Crippen LogP contribution in [0.3, 0.4) is 0 Å². The van der Waals surface area contributed by atoms with Gasteiger partial charge >= 0.3 is 7.60 Å². The number of hydrogen-bond donors (Lipinski definition) is 0. The fourth-order valence-electron chi connectivity index (χ4n) is 2.42. The fourth-order valence-corrected chi connectivity index (χ4v) is 4.13. The first-order valence-electron chi connectivity index (χ1n) is 8.27. The van der Waals surface area contributed by atoms with Crippen molar-refractivity contribution >= 4 is 13.3 Å². The van der Waals surface area contributed by atoms with Crippen LogP contribution in [0, 0.1) is 0 Å². The summed E-state index contributed by atoms with van der Waals surface area (Å²) in [6.45, 7) is 4.77. The van der Waals surface area contributed by atoms with E-state index >= 15 is 0 Å². The van der Waals surface area contributed by atoms with Gasteiger partial charge in [0, 0.05) is 11.9 Å². The summed E-state index contributed by atoms with van der Waals surface area (Å²) in [7, 11) is -1.61. The van der Waals surface area contributed by atoms with E-state index in [9.17, 15) is 4.57 Å². The molecule has 25 heavy (non-hydrogen) atoms. The molecule has 0 radical (unpaired) electrons. The van der Waals surface area contributed by atoms with Crippen molar-refractivity contribution in [3.05, 3.63) is 54.4 Å². The fraction of sp³-hybridized carbons (Fsp3) is 0.389. The summed E-state index contributed by atoms with van der Waals surface area (Å²) in [5.41, 5.74) is 1.77. The lowest BCUT2D eigenvalue weighted by molar-refractivity contribution is 0.220. The Hall–Kier alpha value is -1.88. The average molecular weight is 364 g/mol. The van der Waals surface area contributed by atoms with Crippen LogP contribution in [-0.2, 0) is 20.2 Å². The maximum atomic E-state index is 13.0. The molecule has 2 aromatic rings. The Morgan fingerprint density at radius 3 is 2.24 bits per heavy atom. The second kappa shape index (κ2) is 9.56. The lowest BCUT2D eigenvalue weighted by atomic mass is 10.2. The zero-order valence-corrected chi connectivity index (χ0v) is 15.8. The topological polar surface area (TPSA) is 60.9 Å². The first-order valence-corrected chi connectivity index (χ1v) is 10.00. The Labute approximate surface area is 149 Å². The van der Waals surface area contributed by atoms with E-state index in [1.807, 2.05) is 61.2 Å². The zero-order valence-electron chi connectivity index (χ0n) is 14.9. The Morgan fingerprint density at radius 1 is 1.04 bits per heavy atom. The second-order valence-corrected chi connectivity index (χ2v) is 7.33. The minimum absolute atomic E-state index is 0.150. The number of nitrogens with zero attached hydrogens (tertiary/aromatic N) is 2. The third-order valence-corrected chi connectivity index (χ3v) is 5.50. The molecule has 0 saturated carbocycles. The summed E-state index contributed by atoms with van der Waals surface area (Å²) in [5.74, 6) is 0.763. The molecule has 1 heterocycles. The van der Waals surface area contributed by atoms with Gasteiger partial charge in [-0.15, -0.1) is 0 Å². The van der Waals surface area contributed by atoms with Gasteiger partial charge in [-0.3, -0.25) is 9.55 Å². The molecule has 2 rings (SSSR count). The minimum atomic E-state index is -3.23. The molecule has 0 unspecified atom stereocenters. The Balaban J connectivity index is 2.28. The van der Waals surface area contributed by atoms with Gasteiger partial charge in [-0.2, -0.15) is 0 Å². The molecule has 0 spiro atoms. The van der Waals surface area contributed by atoms with E-state index in [0.717, 1.165) is 17.1 Å². The highest BCUT2D eigenvalue weighted by Crippen LogP contribution is 2.49. The number of benzene rings is 1. The number of hydrogen-bond acceptors (Lipinski definition) is 6. The van der Waals surface area contributed by atoms with Crippen molar-refractivity contribution in [2.45, 2.75) is 20.4 Å². The molecule has 1 aromatic heterocycles. The van der Waals surface area contributed by atoms with Gasteiger partial charge in [0.2, 0.25) is 0 Å². The van der Waals surface area contributed by atoms with E-state index in [1.54, 1.807) is 13.3 Å². The summed E-state index contributed by atoms with van der Waals surface area (Å²) in [6, 6.07) is 13.3. The van der Waals surface area contributed by atoms with E-state index in [0.29, 0.717) is 19.8 Å². The Bertz CT molecular complexity index is 669. The zero-order chi connectivity index (χ0) is 18.1. The highest BCUT2D eigenvalue weighted by atomic mass is 31.2. The van der Waals surface area contributed by atoms with Crippen LogP contribution in [0.15, 0.2) is 48.7 Å². The average Bonchev–Trinajstić information content (AvgIpc) is 2.62. The van der Waals surface area contributed by atoms with Crippen molar-refractivity contribution in [3.8, 4) is 5.75 Å². The largest absolute Gasteiger partial charge is 0.497 e. The molecule has 0 aliphatic heterocycles. The van der Waals surface area contributed by atoms with Crippen LogP contribution in [0.1, 0.15) is 19.5 Å². The van der Waals surface area contributed by atoms with Crippen LogP contribution in [0.5, 0.6) is 5.75 Å². The normalized spacial score (nSPS) is 11.3. The quantitative estimate of drug-likeness (QED) is 0.585. The van der Waals surface area contributed by atoms with Crippen LogP contribution in [0.25, 0.3) is 0 Å². The number of methoxy groups -OCH3 is 1. The van der Waals surface area contributed by atoms with Gasteiger partial charge in [-0.1, -0.05) is 6.07 Å². The van der Waals surface area contributed by atoms with E-state index in [1.165, 1.54) is 0 Å². The van der Waals surface area contributed by atoms with Crippen molar-refractivity contribution in [1.29, 1.82) is 0 Å². The number of rotatable bonds is 10. The van der Waals surface area contributed by atoms with E-state index in [4.69, 9.17) is 13.8 Å². The number of ether oxygens (including phenoxy) is 1. The summed E-state index contributed by atoms with van der Waals surface area (Å²) in [6.07, 6.45) is 1.89. The van der Waals surface area contributed by atoms with Crippen LogP contribution < -0.4 is 9.64 Å². The molecule has 0 aliphatic carbocycles. The number of anilines is 1. The van der Waals surface area contributed by atoms with Gasteiger partial charge in [0.25, 0.3) is 0 Å². The molecule has 0 N–H and O–H groups in total. The number of pyridine rings is 1. The van der Waals surface area contributed by atoms with E-state index in [-0.39, 0.29) is 6.29 Å². The van der Waals surface area contributed by atoms with Gasteiger partial charge in [0.05, 0.1) is 32.6 Å². The van der Waals surface area contributed by atoms with Crippen LogP contribution in [0.2, 0.25) is 0 Å². The smallest absolute Gasteiger partial charge is 0.349 e. The highest BCUT2D eigenvalue weighted by molar-refractivity contribution is 7.53. The van der Waals surface area contributed by atoms with E-state index in [2.05, 4.69) is 4.98 Å². The Kier molecular flexibility index (Phi) is 7.44. The first kappa shape index (κ1) is 19.4. The molecule has 6 nitrogen and oxygen atoms in total. The molecule has 0 atom stereocenters. The van der Waals surface area contributed by atoms with Crippen LogP contribution >= 0.6 is 7.60 Å². The van der Waals surface area contributed by atoms with Crippen molar-refractivity contribution in [2.24, 2.45) is 0 Å². The summed E-state index contributed by atoms with van der Waals surface area (Å²) in [4.78, 5) is 6.31. The molecule has 7 heteroatoms. The van der Waals surface area contributed by atoms with Gasteiger partial charge in [-0.25, -0.2) is 0 Å². The molecule has 0 saturated heterocycles. The predicted molar refractivity (Wildman–Crippen MR) is 99.1 cm³/mol. The summed E-state index contributed by atoms with van der Waals surface area (Å²) < 4.78 is 29.1. The lowest BCUT2D eigenvalue weighted by Gasteiger charge is -2.28. The van der Waals surface area contributed by atoms with Gasteiger partial charge in [0.1, 0.15) is 12.0 Å². The lowest BCUT2D eigenvalue weighted by Crippen LogP contribution is -2.25. The predicted octanol–water partition coefficient (Wildman–Crippen LogP) is 4.32. The third-order valence-electron chi connectivity index (χ3n) is 3.51. The maximum Gasteiger partial charge on any atom is 0.349 e. The van der Waals surface area contributed by atoms with Crippen LogP contribution in [-0.4, -0.2) is 31.6 Å². The van der Waals surface area contributed by atoms with Crippen molar-refractivity contribution in [1.82, 2.24) is 4.98 Å². The van der Waals surface area contributed by atoms with Crippen molar-refractivity contribution in [2.75, 3.05) is 31.5 Å². The SMILES string of the molecule is CCOP(=O)(CN(Cc1ccccn1)c1ccc(OC)cc1)OCC. The van der Waals surface area contributed by atoms with Crippen LogP contribution in [0.4, 0.5) is 5.69 Å². The molecule has 1 aromatic carbocycles. The Morgan fingerprint density at radius 2 is 1.72 bits per heavy atom. The molecule has 0 fully saturated rings. The molecule has 0 amide bonds. The monoisotopic (exact) mass is 364 g/mol. The molecular formula is C18H25N2O4P. The molecule has 0 aliphatic rings. The number of aromatic nitrogens is 1. The summed E-state index contributed by atoms with van der Waals surface area (Å²) >= 11 is 0. The van der Waals surface area contributed by atoms with Gasteiger partial charge in [-0.05, 0) is 50.2 Å².